The van der Waals surface area contributed by atoms with Crippen LogP contribution in [-0.4, -0.2) is 51.9 Å². The number of nitrogens with one attached hydrogen (secondary N) is 1. The molecule has 0 unspecified atom stereocenters. The van der Waals surface area contributed by atoms with E-state index in [4.69, 9.17) is 4.98 Å². The van der Waals surface area contributed by atoms with Crippen LogP contribution in [0.5, 0.6) is 0 Å². The van der Waals surface area contributed by atoms with Crippen LogP contribution in [0.25, 0.3) is 11.0 Å². The standard InChI is InChI=1S/C22H32N4O/c1-15-10-16(2)12-25(11-15)14-19-21(24-20-7-4-8-23-22(19)20)18-6-5-9-26(13-18)17(3)27/h4,7-8,15-16,18,24H,5-6,9-14H2,1-3H3/t15-,16+,18-/m1/s1. The first-order valence-electron chi connectivity index (χ1n) is 10.4. The highest BCUT2D eigenvalue weighted by Crippen LogP contribution is 2.34. The lowest BCUT2D eigenvalue weighted by Crippen LogP contribution is -2.39. The molecular weight excluding hydrogens is 336 g/mol. The van der Waals surface area contributed by atoms with Crippen LogP contribution in [0.4, 0.5) is 0 Å². The number of fused-ring (bicyclic) bond motifs is 1. The second-order valence-corrected chi connectivity index (χ2v) is 8.86. The summed E-state index contributed by atoms with van der Waals surface area (Å²) in [7, 11) is 0. The summed E-state index contributed by atoms with van der Waals surface area (Å²) in [4.78, 5) is 24.9. The third-order valence-electron chi connectivity index (χ3n) is 6.29. The molecule has 0 saturated carbocycles. The molecule has 146 valence electrons. The molecule has 27 heavy (non-hydrogen) atoms. The van der Waals surface area contributed by atoms with E-state index in [1.807, 2.05) is 17.2 Å². The molecule has 2 aliphatic rings. The van der Waals surface area contributed by atoms with Crippen molar-refractivity contribution in [2.75, 3.05) is 26.2 Å². The molecule has 0 aromatic carbocycles. The second kappa shape index (κ2) is 7.63. The molecule has 0 radical (unpaired) electrons. The Labute approximate surface area is 162 Å². The molecule has 0 aliphatic carbocycles. The van der Waals surface area contributed by atoms with Crippen molar-refractivity contribution in [1.82, 2.24) is 19.8 Å². The molecule has 4 rings (SSSR count). The monoisotopic (exact) mass is 368 g/mol. The Morgan fingerprint density at radius 1 is 1.26 bits per heavy atom. The Hall–Kier alpha value is -1.88. The smallest absolute Gasteiger partial charge is 0.219 e. The molecule has 0 spiro atoms. The summed E-state index contributed by atoms with van der Waals surface area (Å²) in [5, 5.41) is 0. The van der Waals surface area contributed by atoms with Gasteiger partial charge in [-0.25, -0.2) is 0 Å². The van der Waals surface area contributed by atoms with E-state index in [2.05, 4.69) is 29.8 Å². The van der Waals surface area contributed by atoms with E-state index in [-0.39, 0.29) is 5.91 Å². The zero-order chi connectivity index (χ0) is 19.0. The van der Waals surface area contributed by atoms with E-state index in [0.717, 1.165) is 68.4 Å². The summed E-state index contributed by atoms with van der Waals surface area (Å²) in [6.45, 7) is 11.4. The van der Waals surface area contributed by atoms with Crippen LogP contribution in [-0.2, 0) is 11.3 Å². The summed E-state index contributed by atoms with van der Waals surface area (Å²) in [5.74, 6) is 2.07. The van der Waals surface area contributed by atoms with Gasteiger partial charge >= 0.3 is 0 Å². The van der Waals surface area contributed by atoms with Gasteiger partial charge in [-0.15, -0.1) is 0 Å². The topological polar surface area (TPSA) is 52.2 Å². The second-order valence-electron chi connectivity index (χ2n) is 8.86. The highest BCUT2D eigenvalue weighted by molar-refractivity contribution is 5.80. The van der Waals surface area contributed by atoms with Crippen LogP contribution in [0.1, 0.15) is 57.2 Å². The number of rotatable bonds is 3. The minimum absolute atomic E-state index is 0.189. The summed E-state index contributed by atoms with van der Waals surface area (Å²) in [6, 6.07) is 4.13. The number of piperidine rings is 2. The van der Waals surface area contributed by atoms with Crippen LogP contribution in [0.2, 0.25) is 0 Å². The average Bonchev–Trinajstić information content (AvgIpc) is 3.00. The van der Waals surface area contributed by atoms with Crippen LogP contribution in [0.3, 0.4) is 0 Å². The van der Waals surface area contributed by atoms with E-state index >= 15 is 0 Å². The number of likely N-dealkylation sites (tertiary alicyclic amines) is 2. The van der Waals surface area contributed by atoms with Crippen molar-refractivity contribution in [1.29, 1.82) is 0 Å². The largest absolute Gasteiger partial charge is 0.357 e. The molecule has 2 aromatic rings. The lowest BCUT2D eigenvalue weighted by molar-refractivity contribution is -0.130. The summed E-state index contributed by atoms with van der Waals surface area (Å²) in [5.41, 5.74) is 4.89. The van der Waals surface area contributed by atoms with Crippen molar-refractivity contribution < 1.29 is 4.79 Å². The number of hydrogen-bond donors (Lipinski definition) is 1. The third-order valence-corrected chi connectivity index (χ3v) is 6.29. The first-order chi connectivity index (χ1) is 13.0. The highest BCUT2D eigenvalue weighted by Gasteiger charge is 2.29. The first kappa shape index (κ1) is 18.5. The van der Waals surface area contributed by atoms with E-state index in [9.17, 15) is 4.79 Å². The Balaban J connectivity index is 1.66. The van der Waals surface area contributed by atoms with Crippen LogP contribution in [0.15, 0.2) is 18.3 Å². The number of carbonyl (C=O) groups excluding carboxylic acids is 1. The number of aromatic nitrogens is 2. The quantitative estimate of drug-likeness (QED) is 0.897. The van der Waals surface area contributed by atoms with Gasteiger partial charge in [-0.3, -0.25) is 14.7 Å². The third kappa shape index (κ3) is 3.88. The van der Waals surface area contributed by atoms with Crippen molar-refractivity contribution >= 4 is 16.9 Å². The molecule has 3 atom stereocenters. The van der Waals surface area contributed by atoms with Crippen molar-refractivity contribution in [2.45, 2.75) is 52.5 Å². The van der Waals surface area contributed by atoms with Crippen molar-refractivity contribution in [3.63, 3.8) is 0 Å². The zero-order valence-electron chi connectivity index (χ0n) is 16.9. The Kier molecular flexibility index (Phi) is 5.22. The fourth-order valence-electron chi connectivity index (χ4n) is 5.25. The highest BCUT2D eigenvalue weighted by atomic mass is 16.2. The number of nitrogens with zero attached hydrogens (tertiary/aromatic N) is 3. The first-order valence-corrected chi connectivity index (χ1v) is 10.4. The molecule has 4 heterocycles. The Morgan fingerprint density at radius 3 is 2.78 bits per heavy atom. The van der Waals surface area contributed by atoms with Gasteiger partial charge in [0.25, 0.3) is 0 Å². The van der Waals surface area contributed by atoms with Gasteiger partial charge in [-0.05, 0) is 43.2 Å². The average molecular weight is 369 g/mol. The van der Waals surface area contributed by atoms with Gasteiger partial charge in [0.15, 0.2) is 0 Å². The fraction of sp³-hybridized carbons (Fsp3) is 0.636. The number of amides is 1. The summed E-state index contributed by atoms with van der Waals surface area (Å²) < 4.78 is 0. The molecule has 2 aromatic heterocycles. The van der Waals surface area contributed by atoms with Crippen LogP contribution < -0.4 is 0 Å². The summed E-state index contributed by atoms with van der Waals surface area (Å²) in [6.07, 6.45) is 5.43. The van der Waals surface area contributed by atoms with E-state index < -0.39 is 0 Å². The SMILES string of the molecule is CC(=O)N1CCC[C@@H](c2[nH]c3cccnc3c2CN2C[C@H](C)C[C@H](C)C2)C1. The molecule has 5 nitrogen and oxygen atoms in total. The number of H-pyrrole nitrogens is 1. The summed E-state index contributed by atoms with van der Waals surface area (Å²) >= 11 is 0. The van der Waals surface area contributed by atoms with Gasteiger partial charge in [-0.1, -0.05) is 13.8 Å². The number of hydrogen-bond acceptors (Lipinski definition) is 3. The maximum Gasteiger partial charge on any atom is 0.219 e. The number of carbonyl (C=O) groups is 1. The predicted octanol–water partition coefficient (Wildman–Crippen LogP) is 3.77. The Bertz CT molecular complexity index is 804. The van der Waals surface area contributed by atoms with Gasteiger partial charge in [0.1, 0.15) is 0 Å². The maximum absolute atomic E-state index is 11.9. The van der Waals surface area contributed by atoms with Gasteiger partial charge in [0, 0.05) is 63.0 Å². The van der Waals surface area contributed by atoms with Gasteiger partial charge in [0.05, 0.1) is 11.0 Å². The van der Waals surface area contributed by atoms with Gasteiger partial charge < -0.3 is 9.88 Å². The normalized spacial score (nSPS) is 27.2. The van der Waals surface area contributed by atoms with Gasteiger partial charge in [0.2, 0.25) is 5.91 Å². The maximum atomic E-state index is 11.9. The molecule has 1 amide bonds. The molecule has 1 N–H and O–H groups in total. The predicted molar refractivity (Wildman–Crippen MR) is 109 cm³/mol. The van der Waals surface area contributed by atoms with Crippen LogP contribution >= 0.6 is 0 Å². The molecule has 0 bridgehead atoms. The number of pyridine rings is 1. The van der Waals surface area contributed by atoms with Crippen molar-refractivity contribution in [3.8, 4) is 0 Å². The lowest BCUT2D eigenvalue weighted by atomic mass is 9.90. The fourth-order valence-corrected chi connectivity index (χ4v) is 5.25. The minimum atomic E-state index is 0.189. The molecular formula is C22H32N4O. The van der Waals surface area contributed by atoms with Gasteiger partial charge in [-0.2, -0.15) is 0 Å². The van der Waals surface area contributed by atoms with E-state index in [0.29, 0.717) is 5.92 Å². The molecule has 5 heteroatoms. The van der Waals surface area contributed by atoms with E-state index in [1.165, 1.54) is 17.7 Å². The van der Waals surface area contributed by atoms with Crippen molar-refractivity contribution in [3.05, 3.63) is 29.6 Å². The zero-order valence-corrected chi connectivity index (χ0v) is 16.9. The molecule has 2 saturated heterocycles. The lowest BCUT2D eigenvalue weighted by Gasteiger charge is -2.36. The minimum Gasteiger partial charge on any atom is -0.357 e. The molecule has 2 fully saturated rings. The van der Waals surface area contributed by atoms with Crippen LogP contribution in [0, 0.1) is 11.8 Å². The van der Waals surface area contributed by atoms with Crippen molar-refractivity contribution in [2.24, 2.45) is 11.8 Å². The number of aromatic amines is 1. The molecule has 2 aliphatic heterocycles. The van der Waals surface area contributed by atoms with E-state index in [1.54, 1.807) is 6.92 Å². The Morgan fingerprint density at radius 2 is 2.04 bits per heavy atom.